The Labute approximate surface area is 276 Å². The number of carbonyl (C=O) groups excluding carboxylic acids is 2. The summed E-state index contributed by atoms with van der Waals surface area (Å²) in [5.74, 6) is -0.148. The normalized spacial score (nSPS) is 17.1. The van der Waals surface area contributed by atoms with Gasteiger partial charge in [0.1, 0.15) is 18.7 Å². The first kappa shape index (κ1) is 31.8. The van der Waals surface area contributed by atoms with Crippen molar-refractivity contribution < 1.29 is 9.59 Å². The minimum Gasteiger partial charge on any atom is -0.368 e. The lowest BCUT2D eigenvalue weighted by Gasteiger charge is -2.38. The van der Waals surface area contributed by atoms with Crippen LogP contribution in [-0.4, -0.2) is 75.1 Å². The van der Waals surface area contributed by atoms with Crippen molar-refractivity contribution in [2.24, 2.45) is 0 Å². The molecule has 0 radical (unpaired) electrons. The van der Waals surface area contributed by atoms with Crippen LogP contribution in [-0.2, 0) is 29.1 Å². The van der Waals surface area contributed by atoms with Gasteiger partial charge in [0.05, 0.1) is 6.54 Å². The number of hydrogen-bond donors (Lipinski definition) is 1. The maximum atomic E-state index is 14.1. The van der Waals surface area contributed by atoms with Crippen LogP contribution in [0.3, 0.4) is 0 Å². The zero-order valence-corrected chi connectivity index (χ0v) is 27.1. The third-order valence-electron chi connectivity index (χ3n) is 9.11. The maximum absolute atomic E-state index is 14.1. The monoisotopic (exact) mass is 639 g/mol. The molecule has 2 atom stereocenters. The smallest absolute Gasteiger partial charge is 0.245 e. The lowest BCUT2D eigenvalue weighted by molar-refractivity contribution is -0.137. The Bertz CT molecular complexity index is 1600. The minimum absolute atomic E-state index is 0.00942. The van der Waals surface area contributed by atoms with E-state index in [1.807, 2.05) is 52.0 Å². The van der Waals surface area contributed by atoms with Crippen molar-refractivity contribution in [2.75, 3.05) is 37.6 Å². The highest BCUT2D eigenvalue weighted by molar-refractivity contribution is 6.30. The predicted molar refractivity (Wildman–Crippen MR) is 181 cm³/mol. The number of para-hydroxylation sites is 1. The second-order valence-corrected chi connectivity index (χ2v) is 12.7. The number of anilines is 1. The second-order valence-electron chi connectivity index (χ2n) is 12.2. The fourth-order valence-electron chi connectivity index (χ4n) is 6.68. The number of rotatable bonds is 12. The van der Waals surface area contributed by atoms with E-state index in [-0.39, 0.29) is 17.9 Å². The van der Waals surface area contributed by atoms with E-state index in [2.05, 4.69) is 62.5 Å². The number of fused-ring (bicyclic) bond motifs is 1. The first-order valence-corrected chi connectivity index (χ1v) is 16.7. The number of amides is 2. The lowest BCUT2D eigenvalue weighted by Crippen LogP contribution is -2.56. The molecule has 3 aromatic carbocycles. The Kier molecular flexibility index (Phi) is 10.3. The van der Waals surface area contributed by atoms with Crippen molar-refractivity contribution in [3.05, 3.63) is 113 Å². The van der Waals surface area contributed by atoms with Gasteiger partial charge < -0.3 is 15.1 Å². The number of hydrogen-bond acceptors (Lipinski definition) is 6. The Morgan fingerprint density at radius 3 is 2.50 bits per heavy atom. The Morgan fingerprint density at radius 2 is 1.74 bits per heavy atom. The molecule has 2 aliphatic heterocycles. The summed E-state index contributed by atoms with van der Waals surface area (Å²) in [4.78, 5) is 38.5. The molecule has 1 N–H and O–H groups in total. The second kappa shape index (κ2) is 14.9. The Hall–Kier alpha value is -4.21. The maximum Gasteiger partial charge on any atom is 0.245 e. The molecule has 2 aliphatic rings. The van der Waals surface area contributed by atoms with Gasteiger partial charge in [-0.25, -0.2) is 9.67 Å². The summed E-state index contributed by atoms with van der Waals surface area (Å²) in [5, 5.41) is 8.08. The Morgan fingerprint density at radius 1 is 0.978 bits per heavy atom. The largest absolute Gasteiger partial charge is 0.368 e. The zero-order valence-electron chi connectivity index (χ0n) is 26.4. The van der Waals surface area contributed by atoms with Crippen molar-refractivity contribution >= 4 is 29.1 Å². The van der Waals surface area contributed by atoms with Gasteiger partial charge in [-0.05, 0) is 53.4 Å². The lowest BCUT2D eigenvalue weighted by atomic mass is 10.0. The number of nitrogens with zero attached hydrogens (tertiary/aromatic N) is 6. The first-order valence-electron chi connectivity index (χ1n) is 16.3. The van der Waals surface area contributed by atoms with Crippen molar-refractivity contribution in [3.8, 4) is 0 Å². The SMILES string of the molecule is CCCCN1Cc2ccccc2C1CC(=O)NC(Cc1ccc(Cl)cc1)C(=O)N1CCN(c2ccccc2Cn2cncn2)CC1. The van der Waals surface area contributed by atoms with Gasteiger partial charge in [0.15, 0.2) is 0 Å². The average Bonchev–Trinajstić information content (AvgIpc) is 3.72. The van der Waals surface area contributed by atoms with Crippen LogP contribution in [0.4, 0.5) is 5.69 Å². The van der Waals surface area contributed by atoms with Gasteiger partial charge in [0.25, 0.3) is 0 Å². The van der Waals surface area contributed by atoms with Gasteiger partial charge in [-0.15, -0.1) is 0 Å². The van der Waals surface area contributed by atoms with Crippen LogP contribution in [0, 0.1) is 0 Å². The number of unbranched alkanes of at least 4 members (excludes halogenated alkanes) is 1. The molecule has 46 heavy (non-hydrogen) atoms. The molecule has 0 bridgehead atoms. The highest BCUT2D eigenvalue weighted by atomic mass is 35.5. The van der Waals surface area contributed by atoms with Gasteiger partial charge in [-0.2, -0.15) is 5.10 Å². The highest BCUT2D eigenvalue weighted by Crippen LogP contribution is 2.36. The van der Waals surface area contributed by atoms with Crippen LogP contribution >= 0.6 is 11.6 Å². The molecule has 2 unspecified atom stereocenters. The summed E-state index contributed by atoms with van der Waals surface area (Å²) in [7, 11) is 0. The quantitative estimate of drug-likeness (QED) is 0.232. The number of nitrogens with one attached hydrogen (secondary N) is 1. The van der Waals surface area contributed by atoms with Crippen LogP contribution in [0.5, 0.6) is 0 Å². The van der Waals surface area contributed by atoms with E-state index in [0.717, 1.165) is 42.7 Å². The van der Waals surface area contributed by atoms with Crippen LogP contribution in [0.1, 0.15) is 54.5 Å². The number of benzene rings is 3. The summed E-state index contributed by atoms with van der Waals surface area (Å²) in [5.41, 5.74) is 5.75. The average molecular weight is 640 g/mol. The van der Waals surface area contributed by atoms with Crippen molar-refractivity contribution in [1.29, 1.82) is 0 Å². The van der Waals surface area contributed by atoms with E-state index in [1.165, 1.54) is 11.1 Å². The molecule has 4 aromatic rings. The molecule has 6 rings (SSSR count). The predicted octanol–water partition coefficient (Wildman–Crippen LogP) is 5.10. The molecule has 240 valence electrons. The number of aromatic nitrogens is 3. The van der Waals surface area contributed by atoms with Crippen molar-refractivity contribution in [3.63, 3.8) is 0 Å². The molecule has 0 aliphatic carbocycles. The number of halogens is 1. The summed E-state index contributed by atoms with van der Waals surface area (Å²) in [6.07, 6.45) is 6.17. The van der Waals surface area contributed by atoms with E-state index in [4.69, 9.17) is 11.6 Å². The molecule has 10 heteroatoms. The van der Waals surface area contributed by atoms with Crippen molar-refractivity contribution in [1.82, 2.24) is 29.9 Å². The topological polar surface area (TPSA) is 86.6 Å². The summed E-state index contributed by atoms with van der Waals surface area (Å²) < 4.78 is 1.82. The van der Waals surface area contributed by atoms with E-state index in [0.29, 0.717) is 50.6 Å². The Balaban J connectivity index is 1.14. The van der Waals surface area contributed by atoms with Crippen LogP contribution in [0.15, 0.2) is 85.5 Å². The molecule has 0 spiro atoms. The van der Waals surface area contributed by atoms with E-state index < -0.39 is 6.04 Å². The molecule has 0 saturated carbocycles. The molecule has 1 fully saturated rings. The van der Waals surface area contributed by atoms with Gasteiger partial charge in [-0.3, -0.25) is 14.5 Å². The van der Waals surface area contributed by atoms with Gasteiger partial charge in [0.2, 0.25) is 11.8 Å². The summed E-state index contributed by atoms with van der Waals surface area (Å²) in [6.45, 7) is 7.17. The van der Waals surface area contributed by atoms with Crippen LogP contribution < -0.4 is 10.2 Å². The summed E-state index contributed by atoms with van der Waals surface area (Å²) in [6, 6.07) is 23.6. The van der Waals surface area contributed by atoms with Crippen LogP contribution in [0.25, 0.3) is 0 Å². The molecule has 1 saturated heterocycles. The third kappa shape index (κ3) is 7.59. The van der Waals surface area contributed by atoms with E-state index in [9.17, 15) is 9.59 Å². The molecule has 9 nitrogen and oxygen atoms in total. The fraction of sp³-hybridized carbons (Fsp3) is 0.389. The fourth-order valence-corrected chi connectivity index (χ4v) is 6.81. The number of carbonyl (C=O) groups is 2. The highest BCUT2D eigenvalue weighted by Gasteiger charge is 2.34. The molecular weight excluding hydrogens is 598 g/mol. The van der Waals surface area contributed by atoms with Gasteiger partial charge in [0, 0.05) is 62.3 Å². The van der Waals surface area contributed by atoms with Gasteiger partial charge >= 0.3 is 0 Å². The van der Waals surface area contributed by atoms with Crippen molar-refractivity contribution in [2.45, 2.75) is 57.8 Å². The van der Waals surface area contributed by atoms with Crippen LogP contribution in [0.2, 0.25) is 5.02 Å². The third-order valence-corrected chi connectivity index (χ3v) is 9.37. The molecule has 3 heterocycles. The zero-order chi connectivity index (χ0) is 31.9. The molecule has 1 aromatic heterocycles. The molecular formula is C36H42ClN7O2. The molecule has 2 amide bonds. The van der Waals surface area contributed by atoms with E-state index in [1.54, 1.807) is 12.7 Å². The number of piperazine rings is 1. The minimum atomic E-state index is -0.666. The first-order chi connectivity index (χ1) is 22.5. The summed E-state index contributed by atoms with van der Waals surface area (Å²) >= 11 is 6.16. The van der Waals surface area contributed by atoms with E-state index >= 15 is 0 Å². The van der Waals surface area contributed by atoms with Gasteiger partial charge in [-0.1, -0.05) is 79.5 Å². The standard InChI is InChI=1S/C36H42ClN7O2/c1-2-3-16-43-23-28-8-4-6-10-31(28)34(43)22-35(45)40-32(21-27-12-14-30(37)15-13-27)36(46)42-19-17-41(18-20-42)33-11-7-5-9-29(33)24-44-26-38-25-39-44/h4-15,25-26,32,34H,2-3,16-24H2,1H3,(H,40,45).